The van der Waals surface area contributed by atoms with E-state index in [9.17, 15) is 0 Å². The standard InChI is InChI=1S/C49H29N3O2S/c1-3-12-30(13-4-1)49-50-47-43(54-49)27-26-42-46(47)38-25-23-33(29-44(38)53-42)51(40-20-11-18-37-36-17-8-10-21-45(36)55-48(37)40)32-22-24-35-34-16-7-9-19-39(34)52(41(35)28-32)31-14-5-2-6-15-31/h1-29H. The summed E-state index contributed by atoms with van der Waals surface area (Å²) in [4.78, 5) is 7.37. The van der Waals surface area contributed by atoms with E-state index in [0.717, 1.165) is 66.9 Å². The Bertz CT molecular complexity index is 3450. The molecule has 0 saturated carbocycles. The Morgan fingerprint density at radius 2 is 1.18 bits per heavy atom. The number of aromatic nitrogens is 2. The number of oxazole rings is 1. The lowest BCUT2D eigenvalue weighted by Gasteiger charge is -2.26. The zero-order valence-electron chi connectivity index (χ0n) is 29.3. The average Bonchev–Trinajstić information content (AvgIpc) is 4.02. The lowest BCUT2D eigenvalue weighted by molar-refractivity contribution is 0.619. The number of rotatable bonds is 5. The Morgan fingerprint density at radius 3 is 2.05 bits per heavy atom. The molecule has 0 spiro atoms. The van der Waals surface area contributed by atoms with Gasteiger partial charge in [0.05, 0.1) is 26.8 Å². The van der Waals surface area contributed by atoms with Gasteiger partial charge in [-0.2, -0.15) is 0 Å². The number of hydrogen-bond donors (Lipinski definition) is 0. The van der Waals surface area contributed by atoms with Gasteiger partial charge >= 0.3 is 0 Å². The summed E-state index contributed by atoms with van der Waals surface area (Å²) in [5.74, 6) is 0.597. The fraction of sp³-hybridized carbons (Fsp3) is 0. The van der Waals surface area contributed by atoms with E-state index in [1.54, 1.807) is 0 Å². The molecule has 4 aromatic heterocycles. The van der Waals surface area contributed by atoms with Crippen LogP contribution in [0.4, 0.5) is 17.1 Å². The monoisotopic (exact) mass is 723 g/mol. The van der Waals surface area contributed by atoms with Crippen molar-refractivity contribution in [2.24, 2.45) is 0 Å². The second-order valence-electron chi connectivity index (χ2n) is 13.9. The first-order valence-electron chi connectivity index (χ1n) is 18.4. The molecule has 0 aliphatic heterocycles. The number of fused-ring (bicyclic) bond motifs is 11. The molecule has 6 heteroatoms. The van der Waals surface area contributed by atoms with Crippen LogP contribution in [0.15, 0.2) is 185 Å². The number of anilines is 3. The van der Waals surface area contributed by atoms with Gasteiger partial charge in [-0.05, 0) is 78.9 Å². The fourth-order valence-electron chi connectivity index (χ4n) is 8.37. The van der Waals surface area contributed by atoms with Gasteiger partial charge in [0.25, 0.3) is 0 Å². The Morgan fingerprint density at radius 1 is 0.491 bits per heavy atom. The van der Waals surface area contributed by atoms with Crippen LogP contribution in [0.3, 0.4) is 0 Å². The average molecular weight is 724 g/mol. The second kappa shape index (κ2) is 11.7. The number of para-hydroxylation sites is 2. The minimum Gasteiger partial charge on any atom is -0.456 e. The van der Waals surface area contributed by atoms with Crippen LogP contribution in [0.1, 0.15) is 0 Å². The SMILES string of the molecule is c1ccc(-c2nc3c(ccc4oc5cc(N(c6ccc7c8ccccc8n(-c8ccccc8)c7c6)c6cccc7c6sc6ccccc67)ccc5c43)o2)cc1. The highest BCUT2D eigenvalue weighted by Gasteiger charge is 2.23. The van der Waals surface area contributed by atoms with E-state index in [1.807, 2.05) is 53.8 Å². The normalized spacial score (nSPS) is 12.0. The third-order valence-corrected chi connectivity index (χ3v) is 12.0. The predicted molar refractivity (Wildman–Crippen MR) is 229 cm³/mol. The molecular weight excluding hydrogens is 695 g/mol. The van der Waals surface area contributed by atoms with Crippen molar-refractivity contribution in [1.29, 1.82) is 0 Å². The molecule has 4 heterocycles. The number of hydrogen-bond acceptors (Lipinski definition) is 5. The van der Waals surface area contributed by atoms with Crippen molar-refractivity contribution in [1.82, 2.24) is 9.55 Å². The van der Waals surface area contributed by atoms with Crippen LogP contribution < -0.4 is 4.90 Å². The summed E-state index contributed by atoms with van der Waals surface area (Å²) in [5, 5.41) is 6.90. The number of thiophene rings is 1. The molecule has 8 aromatic carbocycles. The van der Waals surface area contributed by atoms with Gasteiger partial charge in [-0.1, -0.05) is 91.0 Å². The Balaban J connectivity index is 1.11. The van der Waals surface area contributed by atoms with Crippen LogP contribution >= 0.6 is 11.3 Å². The molecule has 5 nitrogen and oxygen atoms in total. The first-order chi connectivity index (χ1) is 27.3. The first-order valence-corrected chi connectivity index (χ1v) is 19.2. The quantitative estimate of drug-likeness (QED) is 0.177. The van der Waals surface area contributed by atoms with Gasteiger partial charge < -0.3 is 18.3 Å². The number of furan rings is 1. The minimum absolute atomic E-state index is 0.597. The zero-order valence-corrected chi connectivity index (χ0v) is 30.1. The minimum atomic E-state index is 0.597. The largest absolute Gasteiger partial charge is 0.456 e. The molecule has 0 aliphatic rings. The highest BCUT2D eigenvalue weighted by atomic mass is 32.1. The van der Waals surface area contributed by atoms with Crippen LogP contribution in [0.5, 0.6) is 0 Å². The number of benzene rings is 8. The van der Waals surface area contributed by atoms with E-state index in [4.69, 9.17) is 13.8 Å². The molecule has 0 aliphatic carbocycles. The van der Waals surface area contributed by atoms with Crippen molar-refractivity contribution in [3.63, 3.8) is 0 Å². The highest BCUT2D eigenvalue weighted by molar-refractivity contribution is 7.26. The summed E-state index contributed by atoms with van der Waals surface area (Å²) in [6, 6.07) is 62.0. The molecule has 0 amide bonds. The molecule has 258 valence electrons. The van der Waals surface area contributed by atoms with Gasteiger partial charge in [0.1, 0.15) is 16.7 Å². The van der Waals surface area contributed by atoms with E-state index in [2.05, 4.69) is 143 Å². The maximum absolute atomic E-state index is 6.65. The fourth-order valence-corrected chi connectivity index (χ4v) is 9.58. The van der Waals surface area contributed by atoms with E-state index in [-0.39, 0.29) is 0 Å². The molecule has 0 radical (unpaired) electrons. The predicted octanol–water partition coefficient (Wildman–Crippen LogP) is 14.3. The van der Waals surface area contributed by atoms with Gasteiger partial charge in [-0.25, -0.2) is 4.98 Å². The van der Waals surface area contributed by atoms with Crippen LogP contribution in [0, 0.1) is 0 Å². The van der Waals surface area contributed by atoms with Crippen molar-refractivity contribution in [3.05, 3.63) is 176 Å². The summed E-state index contributed by atoms with van der Waals surface area (Å²) in [5.41, 5.74) is 10.7. The van der Waals surface area contributed by atoms with Gasteiger partial charge in [0.15, 0.2) is 5.58 Å². The molecule has 12 rings (SSSR count). The van der Waals surface area contributed by atoms with Gasteiger partial charge in [0.2, 0.25) is 5.89 Å². The van der Waals surface area contributed by atoms with Crippen LogP contribution in [0.25, 0.3) is 92.2 Å². The van der Waals surface area contributed by atoms with E-state index in [0.29, 0.717) is 5.89 Å². The summed E-state index contributed by atoms with van der Waals surface area (Å²) in [6.45, 7) is 0. The molecule has 0 N–H and O–H groups in total. The van der Waals surface area contributed by atoms with Crippen LogP contribution in [0.2, 0.25) is 0 Å². The molecule has 0 atom stereocenters. The van der Waals surface area contributed by atoms with Crippen molar-refractivity contribution in [2.45, 2.75) is 0 Å². The lowest BCUT2D eigenvalue weighted by atomic mass is 10.1. The highest BCUT2D eigenvalue weighted by Crippen LogP contribution is 2.47. The van der Waals surface area contributed by atoms with Gasteiger partial charge in [-0.15, -0.1) is 11.3 Å². The van der Waals surface area contributed by atoms with Crippen molar-refractivity contribution in [3.8, 4) is 17.1 Å². The van der Waals surface area contributed by atoms with Crippen LogP contribution in [-0.4, -0.2) is 9.55 Å². The van der Waals surface area contributed by atoms with Crippen molar-refractivity contribution in [2.75, 3.05) is 4.90 Å². The first kappa shape index (κ1) is 30.3. The van der Waals surface area contributed by atoms with Gasteiger partial charge in [-0.3, -0.25) is 0 Å². The molecule has 0 saturated heterocycles. The lowest BCUT2D eigenvalue weighted by Crippen LogP contribution is -2.10. The maximum atomic E-state index is 6.65. The van der Waals surface area contributed by atoms with Crippen LogP contribution in [-0.2, 0) is 0 Å². The molecular formula is C49H29N3O2S. The van der Waals surface area contributed by atoms with Gasteiger partial charge in [0, 0.05) is 60.3 Å². The third-order valence-electron chi connectivity index (χ3n) is 10.8. The summed E-state index contributed by atoms with van der Waals surface area (Å²) in [6.07, 6.45) is 0. The summed E-state index contributed by atoms with van der Waals surface area (Å²) < 4.78 is 17.8. The molecule has 55 heavy (non-hydrogen) atoms. The van der Waals surface area contributed by atoms with E-state index >= 15 is 0 Å². The Labute approximate surface area is 318 Å². The smallest absolute Gasteiger partial charge is 0.227 e. The number of nitrogens with zero attached hydrogens (tertiary/aromatic N) is 3. The zero-order chi connectivity index (χ0) is 36.0. The molecule has 12 aromatic rings. The van der Waals surface area contributed by atoms with Crippen molar-refractivity contribution >= 4 is 103 Å². The molecule has 0 unspecified atom stereocenters. The molecule has 0 bridgehead atoms. The Kier molecular flexibility index (Phi) is 6.44. The van der Waals surface area contributed by atoms with E-state index in [1.165, 1.54) is 36.5 Å². The van der Waals surface area contributed by atoms with E-state index < -0.39 is 0 Å². The second-order valence-corrected chi connectivity index (χ2v) is 15.0. The molecule has 0 fully saturated rings. The third kappa shape index (κ3) is 4.55. The van der Waals surface area contributed by atoms with Crippen molar-refractivity contribution < 1.29 is 8.83 Å². The Hall–Kier alpha value is -7.15. The summed E-state index contributed by atoms with van der Waals surface area (Å²) >= 11 is 1.83. The summed E-state index contributed by atoms with van der Waals surface area (Å²) in [7, 11) is 0. The maximum Gasteiger partial charge on any atom is 0.227 e. The topological polar surface area (TPSA) is 47.3 Å².